The van der Waals surface area contributed by atoms with Crippen LogP contribution in [-0.4, -0.2) is 31.1 Å². The van der Waals surface area contributed by atoms with Crippen LogP contribution in [0.5, 0.6) is 0 Å². The second-order valence-electron chi connectivity index (χ2n) is 5.63. The highest BCUT2D eigenvalue weighted by molar-refractivity contribution is 6.31. The maximum absolute atomic E-state index is 12.0. The number of carbonyl (C=O) groups is 1. The molecule has 0 bridgehead atoms. The molecular weight excluding hydrogens is 292 g/mol. The summed E-state index contributed by atoms with van der Waals surface area (Å²) < 4.78 is 16.9. The lowest BCUT2D eigenvalue weighted by Crippen LogP contribution is -2.34. The molecular formula is C16H19ClO4. The first kappa shape index (κ1) is 14.8. The highest BCUT2D eigenvalue weighted by Gasteiger charge is 2.52. The largest absolute Gasteiger partial charge is 0.467 e. The van der Waals surface area contributed by atoms with Crippen molar-refractivity contribution in [3.05, 3.63) is 34.9 Å². The van der Waals surface area contributed by atoms with E-state index in [0.29, 0.717) is 11.4 Å². The molecule has 4 nitrogen and oxygen atoms in total. The smallest absolute Gasteiger partial charge is 0.337 e. The van der Waals surface area contributed by atoms with Gasteiger partial charge >= 0.3 is 5.97 Å². The molecule has 1 spiro atoms. The Morgan fingerprint density at radius 2 is 2.05 bits per heavy atom. The van der Waals surface area contributed by atoms with Crippen molar-refractivity contribution in [3.63, 3.8) is 0 Å². The minimum absolute atomic E-state index is 0.351. The van der Waals surface area contributed by atoms with Crippen LogP contribution < -0.4 is 0 Å². The molecule has 0 N–H and O–H groups in total. The SMILES string of the molecule is COC(=O)[C@@H]1OC2(CCCC2)O[C@H]1Cc1ccccc1Cl. The molecule has 2 atom stereocenters. The summed E-state index contributed by atoms with van der Waals surface area (Å²) in [6, 6.07) is 7.59. The fourth-order valence-electron chi connectivity index (χ4n) is 3.17. The summed E-state index contributed by atoms with van der Waals surface area (Å²) in [5.41, 5.74) is 0.955. The Labute approximate surface area is 129 Å². The van der Waals surface area contributed by atoms with E-state index in [4.69, 9.17) is 25.8 Å². The minimum atomic E-state index is -0.677. The van der Waals surface area contributed by atoms with Gasteiger partial charge in [-0.2, -0.15) is 0 Å². The van der Waals surface area contributed by atoms with Crippen molar-refractivity contribution in [1.29, 1.82) is 0 Å². The van der Waals surface area contributed by atoms with Crippen LogP contribution in [0, 0.1) is 0 Å². The van der Waals surface area contributed by atoms with E-state index in [-0.39, 0.29) is 12.1 Å². The molecule has 0 amide bonds. The van der Waals surface area contributed by atoms with E-state index in [0.717, 1.165) is 31.2 Å². The fraction of sp³-hybridized carbons (Fsp3) is 0.562. The molecule has 1 aliphatic carbocycles. The zero-order chi connectivity index (χ0) is 14.9. The highest BCUT2D eigenvalue weighted by atomic mass is 35.5. The number of halogens is 1. The number of esters is 1. The molecule has 0 unspecified atom stereocenters. The average molecular weight is 311 g/mol. The van der Waals surface area contributed by atoms with Gasteiger partial charge < -0.3 is 14.2 Å². The maximum atomic E-state index is 12.0. The number of ether oxygens (including phenoxy) is 3. The Bertz CT molecular complexity index is 525. The Kier molecular flexibility index (Phi) is 4.20. The summed E-state index contributed by atoms with van der Waals surface area (Å²) in [4.78, 5) is 12.0. The second-order valence-corrected chi connectivity index (χ2v) is 6.04. The van der Waals surface area contributed by atoms with Gasteiger partial charge in [-0.3, -0.25) is 0 Å². The van der Waals surface area contributed by atoms with Crippen LogP contribution in [-0.2, 0) is 25.4 Å². The Morgan fingerprint density at radius 1 is 1.33 bits per heavy atom. The van der Waals surface area contributed by atoms with Crippen LogP contribution in [0.3, 0.4) is 0 Å². The molecule has 0 radical (unpaired) electrons. The van der Waals surface area contributed by atoms with Crippen molar-refractivity contribution in [2.24, 2.45) is 0 Å². The van der Waals surface area contributed by atoms with Crippen LogP contribution in [0.2, 0.25) is 5.02 Å². The van der Waals surface area contributed by atoms with Crippen molar-refractivity contribution in [2.75, 3.05) is 7.11 Å². The van der Waals surface area contributed by atoms with Gasteiger partial charge in [0, 0.05) is 24.3 Å². The Morgan fingerprint density at radius 3 is 2.71 bits per heavy atom. The van der Waals surface area contributed by atoms with E-state index in [9.17, 15) is 4.79 Å². The molecule has 21 heavy (non-hydrogen) atoms. The van der Waals surface area contributed by atoms with Crippen molar-refractivity contribution < 1.29 is 19.0 Å². The van der Waals surface area contributed by atoms with E-state index in [1.54, 1.807) is 0 Å². The van der Waals surface area contributed by atoms with Crippen molar-refractivity contribution in [1.82, 2.24) is 0 Å². The minimum Gasteiger partial charge on any atom is -0.467 e. The van der Waals surface area contributed by atoms with Crippen LogP contribution >= 0.6 is 11.6 Å². The molecule has 1 saturated heterocycles. The lowest BCUT2D eigenvalue weighted by atomic mass is 10.0. The second kappa shape index (κ2) is 5.95. The van der Waals surface area contributed by atoms with Gasteiger partial charge in [0.1, 0.15) is 6.10 Å². The molecule has 2 fully saturated rings. The van der Waals surface area contributed by atoms with E-state index >= 15 is 0 Å². The monoisotopic (exact) mass is 310 g/mol. The maximum Gasteiger partial charge on any atom is 0.337 e. The zero-order valence-electron chi connectivity index (χ0n) is 12.0. The molecule has 1 aromatic carbocycles. The van der Waals surface area contributed by atoms with E-state index in [2.05, 4.69) is 0 Å². The number of benzene rings is 1. The van der Waals surface area contributed by atoms with E-state index in [1.807, 2.05) is 24.3 Å². The summed E-state index contributed by atoms with van der Waals surface area (Å²) in [7, 11) is 1.37. The molecule has 3 rings (SSSR count). The van der Waals surface area contributed by atoms with Gasteiger partial charge in [0.25, 0.3) is 0 Å². The molecule has 5 heteroatoms. The van der Waals surface area contributed by atoms with Gasteiger partial charge in [0.05, 0.1) is 7.11 Å². The Hall–Kier alpha value is -1.10. The van der Waals surface area contributed by atoms with E-state index < -0.39 is 11.9 Å². The quantitative estimate of drug-likeness (QED) is 0.805. The summed E-state index contributed by atoms with van der Waals surface area (Å²) in [6.45, 7) is 0. The van der Waals surface area contributed by atoms with E-state index in [1.165, 1.54) is 7.11 Å². The lowest BCUT2D eigenvalue weighted by Gasteiger charge is -2.21. The molecule has 1 saturated carbocycles. The predicted molar refractivity (Wildman–Crippen MR) is 78.1 cm³/mol. The average Bonchev–Trinajstić information content (AvgIpc) is 3.08. The summed E-state index contributed by atoms with van der Waals surface area (Å²) in [5.74, 6) is -0.985. The first-order valence-corrected chi connectivity index (χ1v) is 7.68. The highest BCUT2D eigenvalue weighted by Crippen LogP contribution is 2.43. The molecule has 1 heterocycles. The summed E-state index contributed by atoms with van der Waals surface area (Å²) in [6.07, 6.45) is 3.31. The van der Waals surface area contributed by atoms with Gasteiger partial charge in [-0.1, -0.05) is 29.8 Å². The van der Waals surface area contributed by atoms with Crippen LogP contribution in [0.1, 0.15) is 31.2 Å². The third kappa shape index (κ3) is 2.93. The topological polar surface area (TPSA) is 44.8 Å². The number of methoxy groups -OCH3 is 1. The molecule has 1 aliphatic heterocycles. The summed E-state index contributed by atoms with van der Waals surface area (Å²) in [5, 5.41) is 0.678. The van der Waals surface area contributed by atoms with Gasteiger partial charge in [-0.25, -0.2) is 4.79 Å². The zero-order valence-corrected chi connectivity index (χ0v) is 12.8. The first-order chi connectivity index (χ1) is 10.1. The van der Waals surface area contributed by atoms with Crippen LogP contribution in [0.25, 0.3) is 0 Å². The normalized spacial score (nSPS) is 27.1. The molecule has 2 aliphatic rings. The predicted octanol–water partition coefficient (Wildman–Crippen LogP) is 3.11. The molecule has 1 aromatic rings. The van der Waals surface area contributed by atoms with Crippen LogP contribution in [0.15, 0.2) is 24.3 Å². The third-order valence-corrected chi connectivity index (χ3v) is 4.59. The standard InChI is InChI=1S/C16H19ClO4/c1-19-15(18)14-13(10-11-6-2-3-7-12(11)17)20-16(21-14)8-4-5-9-16/h2-3,6-7,13-14H,4-5,8-10H2,1H3/t13-,14+/m0/s1. The third-order valence-electron chi connectivity index (χ3n) is 4.22. The van der Waals surface area contributed by atoms with Gasteiger partial charge in [-0.05, 0) is 24.5 Å². The van der Waals surface area contributed by atoms with Gasteiger partial charge in [0.15, 0.2) is 11.9 Å². The molecule has 114 valence electrons. The van der Waals surface area contributed by atoms with Gasteiger partial charge in [-0.15, -0.1) is 0 Å². The number of hydrogen-bond donors (Lipinski definition) is 0. The van der Waals surface area contributed by atoms with Crippen LogP contribution in [0.4, 0.5) is 0 Å². The molecule has 0 aromatic heterocycles. The number of rotatable bonds is 3. The Balaban J connectivity index is 1.81. The number of hydrogen-bond acceptors (Lipinski definition) is 4. The van der Waals surface area contributed by atoms with Crippen molar-refractivity contribution >= 4 is 17.6 Å². The van der Waals surface area contributed by atoms with Crippen molar-refractivity contribution in [2.45, 2.75) is 50.1 Å². The summed E-state index contributed by atoms with van der Waals surface area (Å²) >= 11 is 6.20. The van der Waals surface area contributed by atoms with Gasteiger partial charge in [0.2, 0.25) is 0 Å². The first-order valence-electron chi connectivity index (χ1n) is 7.30. The van der Waals surface area contributed by atoms with Crippen molar-refractivity contribution in [3.8, 4) is 0 Å². The number of carbonyl (C=O) groups excluding carboxylic acids is 1. The lowest BCUT2D eigenvalue weighted by molar-refractivity contribution is -0.180. The fourth-order valence-corrected chi connectivity index (χ4v) is 3.38.